The first-order valence-electron chi connectivity index (χ1n) is 0.775. The monoisotopic (exact) mass is 315 g/mol. The molecule has 6 N–H and O–H groups in total. The fraction of sp³-hybridized carbons (Fsp3) is 0. The Balaban J connectivity index is -0.00000000450. The fourth-order valence-corrected chi connectivity index (χ4v) is 0. The first-order chi connectivity index (χ1) is 1.73. The van der Waals surface area contributed by atoms with Crippen LogP contribution in [-0.2, 0) is 0 Å². The van der Waals surface area contributed by atoms with Crippen molar-refractivity contribution in [2.75, 3.05) is 0 Å². The summed E-state index contributed by atoms with van der Waals surface area (Å²) in [5.41, 5.74) is 0. The summed E-state index contributed by atoms with van der Waals surface area (Å²) in [4.78, 5) is 0. The highest BCUT2D eigenvalue weighted by Gasteiger charge is 1.92. The fourth-order valence-electron chi connectivity index (χ4n) is 0. The predicted octanol–water partition coefficient (Wildman–Crippen LogP) is -0.00640. The number of hydrogen-bond acceptors (Lipinski definition) is 4. The van der Waals surface area contributed by atoms with E-state index in [2.05, 4.69) is 0 Å². The lowest BCUT2D eigenvalue weighted by Gasteiger charge is -1.69. The van der Waals surface area contributed by atoms with Crippen LogP contribution in [0.15, 0.2) is 0 Å². The molecule has 0 aromatic rings. The maximum absolute atomic E-state index is 7.17. The van der Waals surface area contributed by atoms with Crippen molar-refractivity contribution < 1.29 is 15.1 Å². The summed E-state index contributed by atoms with van der Waals surface area (Å²) >= 11 is 0. The summed E-state index contributed by atoms with van der Waals surface area (Å²) in [7, 11) is -2.17. The van der Waals surface area contributed by atoms with Crippen LogP contribution in [0.4, 0.5) is 0 Å². The van der Waals surface area contributed by atoms with Crippen LogP contribution in [0, 0.1) is 0 Å². The minimum Gasteiger partial charge on any atom is -0.402 e. The number of hydrogen-bond donors (Lipinski definition) is 4. The van der Waals surface area contributed by atoms with Gasteiger partial charge in [0.05, 0.1) is 0 Å². The molecule has 0 aromatic heterocycles. The molecule has 64 valence electrons. The summed E-state index contributed by atoms with van der Waals surface area (Å²) in [5.74, 6) is 0. The van der Waals surface area contributed by atoms with Crippen LogP contribution in [0.2, 0.25) is 0 Å². The maximum Gasteiger partial charge on any atom is 0.631 e. The van der Waals surface area contributed by atoms with Gasteiger partial charge in [-0.3, -0.25) is 0 Å². The lowest BCUT2D eigenvalue weighted by atomic mass is 10.3. The molecule has 0 rings (SSSR count). The molecule has 0 aliphatic heterocycles. The van der Waals surface area contributed by atoms with Crippen molar-refractivity contribution in [3.05, 3.63) is 0 Å². The standard InChI is InChI=1S/BH3O3.3ClH.HI.H3N/c2-1(3)4;;;;;/h2-4H;4*1H;1H3. The quantitative estimate of drug-likeness (QED) is 0.373. The van der Waals surface area contributed by atoms with Gasteiger partial charge in [0.1, 0.15) is 0 Å². The highest BCUT2D eigenvalue weighted by molar-refractivity contribution is 14.0. The zero-order chi connectivity index (χ0) is 3.58. The predicted molar refractivity (Wildman–Crippen MR) is 54.6 cm³/mol. The molecular weight excluding hydrogens is 306 g/mol. The summed E-state index contributed by atoms with van der Waals surface area (Å²) in [6.45, 7) is 0. The summed E-state index contributed by atoms with van der Waals surface area (Å²) in [5, 5.41) is 21.5. The summed E-state index contributed by atoms with van der Waals surface area (Å²) in [6.07, 6.45) is 0. The van der Waals surface area contributed by atoms with Crippen LogP contribution in [0.1, 0.15) is 0 Å². The van der Waals surface area contributed by atoms with Gasteiger partial charge >= 0.3 is 7.32 Å². The summed E-state index contributed by atoms with van der Waals surface area (Å²) in [6, 6.07) is 0. The van der Waals surface area contributed by atoms with Crippen molar-refractivity contribution in [3.8, 4) is 0 Å². The molecule has 0 atom stereocenters. The third-order valence-corrected chi connectivity index (χ3v) is 0. The second-order valence-electron chi connectivity index (χ2n) is 0.346. The Hall–Kier alpha value is 1.50. The third kappa shape index (κ3) is 236. The van der Waals surface area contributed by atoms with E-state index in [1.165, 1.54) is 0 Å². The Bertz CT molecular complexity index is 23.8. The van der Waals surface area contributed by atoms with Gasteiger partial charge in [0.15, 0.2) is 0 Å². The SMILES string of the molecule is Cl.Cl.Cl.I.N.OB(O)O. The Morgan fingerprint density at radius 3 is 0.778 bits per heavy atom. The van der Waals surface area contributed by atoms with E-state index in [1.807, 2.05) is 0 Å². The Morgan fingerprint density at radius 1 is 0.778 bits per heavy atom. The Labute approximate surface area is 89.4 Å². The van der Waals surface area contributed by atoms with E-state index in [0.717, 1.165) is 0 Å². The minimum absolute atomic E-state index is 0. The van der Waals surface area contributed by atoms with Crippen LogP contribution in [0.3, 0.4) is 0 Å². The van der Waals surface area contributed by atoms with Gasteiger partial charge in [-0.2, -0.15) is 0 Å². The van der Waals surface area contributed by atoms with Crippen LogP contribution in [0.5, 0.6) is 0 Å². The molecule has 0 heterocycles. The Morgan fingerprint density at radius 2 is 0.778 bits per heavy atom. The van der Waals surface area contributed by atoms with Crippen molar-refractivity contribution in [1.29, 1.82) is 0 Å². The van der Waals surface area contributed by atoms with Crippen molar-refractivity contribution in [2.24, 2.45) is 0 Å². The molecule has 0 bridgehead atoms. The number of halogens is 4. The average molecular weight is 316 g/mol. The molecule has 0 fully saturated rings. The van der Waals surface area contributed by atoms with Crippen molar-refractivity contribution in [1.82, 2.24) is 6.15 Å². The van der Waals surface area contributed by atoms with E-state index in [1.54, 1.807) is 0 Å². The van der Waals surface area contributed by atoms with E-state index < -0.39 is 7.32 Å². The molecule has 0 saturated carbocycles. The van der Waals surface area contributed by atoms with E-state index in [0.29, 0.717) is 0 Å². The molecule has 0 radical (unpaired) electrons. The van der Waals surface area contributed by atoms with E-state index in [4.69, 9.17) is 15.1 Å². The minimum atomic E-state index is -2.17. The van der Waals surface area contributed by atoms with Gasteiger partial charge in [-0.25, -0.2) is 0 Å². The van der Waals surface area contributed by atoms with E-state index >= 15 is 0 Å². The second kappa shape index (κ2) is 33.9. The molecule has 0 aromatic carbocycles. The molecule has 9 heteroatoms. The van der Waals surface area contributed by atoms with Crippen LogP contribution < -0.4 is 6.15 Å². The smallest absolute Gasteiger partial charge is 0.402 e. The van der Waals surface area contributed by atoms with Crippen LogP contribution >= 0.6 is 61.2 Å². The van der Waals surface area contributed by atoms with Crippen molar-refractivity contribution in [3.63, 3.8) is 0 Å². The third-order valence-electron chi connectivity index (χ3n) is 0. The molecule has 0 unspecified atom stereocenters. The lowest BCUT2D eigenvalue weighted by Crippen LogP contribution is -2.07. The average Bonchev–Trinajstić information content (AvgIpc) is 0.811. The maximum atomic E-state index is 7.17. The second-order valence-corrected chi connectivity index (χ2v) is 0.346. The first kappa shape index (κ1) is 46.8. The van der Waals surface area contributed by atoms with E-state index in [9.17, 15) is 0 Å². The van der Waals surface area contributed by atoms with Gasteiger partial charge in [0.25, 0.3) is 0 Å². The topological polar surface area (TPSA) is 95.7 Å². The molecule has 0 aliphatic carbocycles. The van der Waals surface area contributed by atoms with Gasteiger partial charge < -0.3 is 21.2 Å². The number of rotatable bonds is 0. The van der Waals surface area contributed by atoms with Crippen LogP contribution in [0.25, 0.3) is 0 Å². The van der Waals surface area contributed by atoms with Crippen molar-refractivity contribution in [2.45, 2.75) is 0 Å². The van der Waals surface area contributed by atoms with Gasteiger partial charge in [-0.1, -0.05) is 0 Å². The normalized spacial score (nSPS) is 3.00. The summed E-state index contributed by atoms with van der Waals surface area (Å²) < 4.78 is 0. The zero-order valence-corrected chi connectivity index (χ0v) is 9.04. The Kier molecular flexibility index (Phi) is 176. The molecular formula is H10BCl3INO3. The molecule has 0 spiro atoms. The van der Waals surface area contributed by atoms with Gasteiger partial charge in [-0.05, 0) is 0 Å². The van der Waals surface area contributed by atoms with Gasteiger partial charge in [-0.15, -0.1) is 61.2 Å². The zero-order valence-electron chi connectivity index (χ0n) is 4.26. The first-order valence-corrected chi connectivity index (χ1v) is 0.775. The highest BCUT2D eigenvalue weighted by Crippen LogP contribution is 1.40. The van der Waals surface area contributed by atoms with Crippen molar-refractivity contribution >= 4 is 68.5 Å². The van der Waals surface area contributed by atoms with Gasteiger partial charge in [0.2, 0.25) is 0 Å². The van der Waals surface area contributed by atoms with E-state index in [-0.39, 0.29) is 67.3 Å². The highest BCUT2D eigenvalue weighted by atomic mass is 127. The van der Waals surface area contributed by atoms with Gasteiger partial charge in [0, 0.05) is 0 Å². The molecule has 9 heavy (non-hydrogen) atoms. The molecule has 4 nitrogen and oxygen atoms in total. The molecule has 0 aliphatic rings. The molecule has 0 saturated heterocycles. The van der Waals surface area contributed by atoms with Crippen LogP contribution in [-0.4, -0.2) is 22.4 Å². The lowest BCUT2D eigenvalue weighted by molar-refractivity contribution is 0.278. The largest absolute Gasteiger partial charge is 0.631 e. The molecule has 0 amide bonds.